The zero-order valence-electron chi connectivity index (χ0n) is 13.1. The number of anilines is 2. The maximum absolute atomic E-state index is 11.5. The zero-order valence-corrected chi connectivity index (χ0v) is 13.1. The van der Waals surface area contributed by atoms with Crippen LogP contribution in [0.3, 0.4) is 0 Å². The molecule has 6 nitrogen and oxygen atoms in total. The lowest BCUT2D eigenvalue weighted by molar-refractivity contribution is -0.132. The Hall–Kier alpha value is -1.98. The second-order valence-electron chi connectivity index (χ2n) is 6.46. The summed E-state index contributed by atoms with van der Waals surface area (Å²) in [5.74, 6) is 1.35. The van der Waals surface area contributed by atoms with E-state index in [4.69, 9.17) is 10.5 Å². The number of likely N-dealkylation sites (tertiary alicyclic amines) is 1. The molecule has 0 aromatic carbocycles. The molecule has 1 aliphatic rings. The number of aromatic nitrogens is 1. The van der Waals surface area contributed by atoms with Gasteiger partial charge >= 0.3 is 0 Å². The number of hydrogen-bond donors (Lipinski definition) is 2. The van der Waals surface area contributed by atoms with E-state index in [9.17, 15) is 4.79 Å². The van der Waals surface area contributed by atoms with Crippen LogP contribution in [0.5, 0.6) is 5.88 Å². The molecule has 3 N–H and O–H groups in total. The van der Waals surface area contributed by atoms with Gasteiger partial charge in [0.25, 0.3) is 0 Å². The SMILES string of the molecule is CN1CC(Nc2ccc(N)c(OC(C)(C)C)n2)CCC1=O. The maximum Gasteiger partial charge on any atom is 0.239 e. The Bertz CT molecular complexity index is 525. The minimum atomic E-state index is -0.350. The van der Waals surface area contributed by atoms with Crippen LogP contribution in [0.2, 0.25) is 0 Å². The van der Waals surface area contributed by atoms with Gasteiger partial charge in [0.1, 0.15) is 11.4 Å². The lowest BCUT2D eigenvalue weighted by Crippen LogP contribution is -2.43. The molecule has 1 atom stereocenters. The summed E-state index contributed by atoms with van der Waals surface area (Å²) in [6.45, 7) is 6.54. The van der Waals surface area contributed by atoms with Gasteiger partial charge < -0.3 is 20.7 Å². The van der Waals surface area contributed by atoms with Gasteiger partial charge in [0.15, 0.2) is 0 Å². The Balaban J connectivity index is 2.07. The third kappa shape index (κ3) is 4.24. The summed E-state index contributed by atoms with van der Waals surface area (Å²) in [7, 11) is 1.82. The number of nitrogens with zero attached hydrogens (tertiary/aromatic N) is 2. The highest BCUT2D eigenvalue weighted by atomic mass is 16.5. The molecule has 2 rings (SSSR count). The normalized spacial score (nSPS) is 19.5. The number of pyridine rings is 1. The number of amides is 1. The fraction of sp³-hybridized carbons (Fsp3) is 0.600. The molecule has 6 heteroatoms. The lowest BCUT2D eigenvalue weighted by atomic mass is 10.1. The first-order valence-electron chi connectivity index (χ1n) is 7.20. The minimum absolute atomic E-state index is 0.190. The number of piperidine rings is 1. The Morgan fingerprint density at radius 3 is 2.76 bits per heavy atom. The fourth-order valence-electron chi connectivity index (χ4n) is 2.24. The van der Waals surface area contributed by atoms with Crippen LogP contribution >= 0.6 is 0 Å². The third-order valence-corrected chi connectivity index (χ3v) is 3.27. The molecule has 116 valence electrons. The van der Waals surface area contributed by atoms with E-state index < -0.39 is 0 Å². The smallest absolute Gasteiger partial charge is 0.239 e. The summed E-state index contributed by atoms with van der Waals surface area (Å²) in [5, 5.41) is 3.34. The largest absolute Gasteiger partial charge is 0.470 e. The van der Waals surface area contributed by atoms with Crippen molar-refractivity contribution >= 4 is 17.4 Å². The predicted octanol–water partition coefficient (Wildman–Crippen LogP) is 1.87. The summed E-state index contributed by atoms with van der Waals surface area (Å²) in [4.78, 5) is 17.7. The summed E-state index contributed by atoms with van der Waals surface area (Å²) >= 11 is 0. The summed E-state index contributed by atoms with van der Waals surface area (Å²) < 4.78 is 5.76. The Morgan fingerprint density at radius 2 is 2.14 bits per heavy atom. The van der Waals surface area contributed by atoms with Crippen LogP contribution in [0.4, 0.5) is 11.5 Å². The highest BCUT2D eigenvalue weighted by Crippen LogP contribution is 2.25. The number of nitrogen functional groups attached to an aromatic ring is 1. The third-order valence-electron chi connectivity index (χ3n) is 3.27. The highest BCUT2D eigenvalue weighted by Gasteiger charge is 2.23. The molecule has 0 radical (unpaired) electrons. The number of nitrogens with two attached hydrogens (primary N) is 1. The van der Waals surface area contributed by atoms with E-state index in [0.717, 1.165) is 12.2 Å². The molecule has 1 aromatic rings. The van der Waals surface area contributed by atoms with E-state index in [1.54, 1.807) is 11.0 Å². The van der Waals surface area contributed by atoms with Gasteiger partial charge in [0.05, 0.1) is 5.69 Å². The molecule has 1 aliphatic heterocycles. The number of nitrogens with one attached hydrogen (secondary N) is 1. The first kappa shape index (κ1) is 15.4. The maximum atomic E-state index is 11.5. The van der Waals surface area contributed by atoms with Crippen molar-refractivity contribution in [2.24, 2.45) is 0 Å². The first-order valence-corrected chi connectivity index (χ1v) is 7.20. The topological polar surface area (TPSA) is 80.5 Å². The Kier molecular flexibility index (Phi) is 4.25. The van der Waals surface area contributed by atoms with Crippen LogP contribution in [0.15, 0.2) is 12.1 Å². The van der Waals surface area contributed by atoms with Gasteiger partial charge in [0, 0.05) is 26.1 Å². The molecule has 1 saturated heterocycles. The number of hydrogen-bond acceptors (Lipinski definition) is 5. The average molecular weight is 292 g/mol. The molecule has 1 aromatic heterocycles. The van der Waals surface area contributed by atoms with E-state index >= 15 is 0 Å². The van der Waals surface area contributed by atoms with Crippen LogP contribution in [0, 0.1) is 0 Å². The van der Waals surface area contributed by atoms with Crippen molar-refractivity contribution in [3.8, 4) is 5.88 Å². The molecule has 0 bridgehead atoms. The monoisotopic (exact) mass is 292 g/mol. The average Bonchev–Trinajstić information content (AvgIpc) is 2.36. The standard InChI is InChI=1S/C15H24N4O2/c1-15(2,3)21-14-11(16)6-7-12(18-14)17-10-5-8-13(20)19(4)9-10/h6-7,10H,5,8-9,16H2,1-4H3,(H,17,18). The molecule has 1 unspecified atom stereocenters. The summed E-state index contributed by atoms with van der Waals surface area (Å²) in [6.07, 6.45) is 1.37. The molecule has 2 heterocycles. The molecule has 1 fully saturated rings. The van der Waals surface area contributed by atoms with Crippen molar-refractivity contribution in [2.45, 2.75) is 45.3 Å². The molecule has 0 spiro atoms. The lowest BCUT2D eigenvalue weighted by Gasteiger charge is -2.30. The molecular formula is C15H24N4O2. The van der Waals surface area contributed by atoms with Crippen molar-refractivity contribution in [3.05, 3.63) is 12.1 Å². The first-order chi connectivity index (χ1) is 9.74. The van der Waals surface area contributed by atoms with E-state index in [2.05, 4.69) is 10.3 Å². The van der Waals surface area contributed by atoms with E-state index in [1.165, 1.54) is 0 Å². The van der Waals surface area contributed by atoms with Crippen molar-refractivity contribution < 1.29 is 9.53 Å². The highest BCUT2D eigenvalue weighted by molar-refractivity contribution is 5.77. The van der Waals surface area contributed by atoms with Crippen molar-refractivity contribution in [1.82, 2.24) is 9.88 Å². The van der Waals surface area contributed by atoms with Crippen LogP contribution in [0.25, 0.3) is 0 Å². The van der Waals surface area contributed by atoms with Crippen LogP contribution < -0.4 is 15.8 Å². The van der Waals surface area contributed by atoms with Gasteiger partial charge in [-0.15, -0.1) is 0 Å². The molecule has 1 amide bonds. The van der Waals surface area contributed by atoms with Crippen molar-refractivity contribution in [2.75, 3.05) is 24.6 Å². The second-order valence-corrected chi connectivity index (χ2v) is 6.46. The Labute approximate surface area is 125 Å². The van der Waals surface area contributed by atoms with Crippen LogP contribution in [-0.4, -0.2) is 41.0 Å². The van der Waals surface area contributed by atoms with E-state index in [0.29, 0.717) is 24.5 Å². The molecule has 0 aliphatic carbocycles. The minimum Gasteiger partial charge on any atom is -0.470 e. The zero-order chi connectivity index (χ0) is 15.6. The van der Waals surface area contributed by atoms with Crippen LogP contribution in [0.1, 0.15) is 33.6 Å². The van der Waals surface area contributed by atoms with Gasteiger partial charge in [-0.25, -0.2) is 0 Å². The number of carbonyl (C=O) groups excluding carboxylic acids is 1. The van der Waals surface area contributed by atoms with E-state index in [-0.39, 0.29) is 17.6 Å². The molecular weight excluding hydrogens is 268 g/mol. The quantitative estimate of drug-likeness (QED) is 0.889. The van der Waals surface area contributed by atoms with Crippen molar-refractivity contribution in [1.29, 1.82) is 0 Å². The van der Waals surface area contributed by atoms with E-state index in [1.807, 2.05) is 33.9 Å². The van der Waals surface area contributed by atoms with Gasteiger partial charge in [-0.05, 0) is 39.3 Å². The molecule has 21 heavy (non-hydrogen) atoms. The second kappa shape index (κ2) is 5.79. The van der Waals surface area contributed by atoms with Gasteiger partial charge in [0.2, 0.25) is 11.8 Å². The Morgan fingerprint density at radius 1 is 1.43 bits per heavy atom. The number of ether oxygens (including phenoxy) is 1. The van der Waals surface area contributed by atoms with Crippen LogP contribution in [-0.2, 0) is 4.79 Å². The van der Waals surface area contributed by atoms with Gasteiger partial charge in [-0.1, -0.05) is 0 Å². The number of carbonyl (C=O) groups is 1. The summed E-state index contributed by atoms with van der Waals surface area (Å²) in [5.41, 5.74) is 6.07. The van der Waals surface area contributed by atoms with Crippen molar-refractivity contribution in [3.63, 3.8) is 0 Å². The summed E-state index contributed by atoms with van der Waals surface area (Å²) in [6, 6.07) is 3.82. The van der Waals surface area contributed by atoms with Gasteiger partial charge in [-0.3, -0.25) is 4.79 Å². The number of rotatable bonds is 3. The fourth-order valence-corrected chi connectivity index (χ4v) is 2.24. The number of likely N-dealkylation sites (N-methyl/N-ethyl adjacent to an activating group) is 1. The predicted molar refractivity (Wildman–Crippen MR) is 83.3 cm³/mol. The molecule has 0 saturated carbocycles. The van der Waals surface area contributed by atoms with Gasteiger partial charge in [-0.2, -0.15) is 4.98 Å².